The summed E-state index contributed by atoms with van der Waals surface area (Å²) >= 11 is 0. The Labute approximate surface area is 199 Å². The molecule has 0 amide bonds. The van der Waals surface area contributed by atoms with E-state index < -0.39 is 0 Å². The van der Waals surface area contributed by atoms with Gasteiger partial charge in [-0.05, 0) is 66.9 Å². The van der Waals surface area contributed by atoms with Crippen molar-refractivity contribution >= 4 is 10.9 Å². The van der Waals surface area contributed by atoms with E-state index in [1.54, 1.807) is 7.11 Å². The predicted molar refractivity (Wildman–Crippen MR) is 129 cm³/mol. The summed E-state index contributed by atoms with van der Waals surface area (Å²) in [6, 6.07) is 8.33. The summed E-state index contributed by atoms with van der Waals surface area (Å²) in [6.07, 6.45) is 8.31. The molecule has 9 heteroatoms. The third kappa shape index (κ3) is 3.90. The van der Waals surface area contributed by atoms with Gasteiger partial charge in [0, 0.05) is 42.1 Å². The predicted octanol–water partition coefficient (Wildman–Crippen LogP) is 2.90. The van der Waals surface area contributed by atoms with Crippen LogP contribution in [0.15, 0.2) is 29.1 Å². The molecule has 180 valence electrons. The van der Waals surface area contributed by atoms with Crippen LogP contribution in [0.1, 0.15) is 68.4 Å². The van der Waals surface area contributed by atoms with Crippen molar-refractivity contribution in [2.45, 2.75) is 63.1 Å². The van der Waals surface area contributed by atoms with Crippen molar-refractivity contribution in [3.63, 3.8) is 0 Å². The molecule has 1 N–H and O–H groups in total. The summed E-state index contributed by atoms with van der Waals surface area (Å²) < 4.78 is 7.47. The molecule has 0 spiro atoms. The highest BCUT2D eigenvalue weighted by Gasteiger charge is 2.38. The molecule has 3 fully saturated rings. The average Bonchev–Trinajstić information content (AvgIpc) is 3.54. The molecule has 1 aliphatic carbocycles. The number of H-pyrrole nitrogens is 1. The van der Waals surface area contributed by atoms with Gasteiger partial charge in [-0.25, -0.2) is 4.68 Å². The van der Waals surface area contributed by atoms with Crippen molar-refractivity contribution in [2.75, 3.05) is 33.3 Å². The van der Waals surface area contributed by atoms with Crippen LogP contribution in [-0.2, 0) is 0 Å². The number of methoxy groups -OCH3 is 1. The molecular formula is C25H33N7O2. The summed E-state index contributed by atoms with van der Waals surface area (Å²) in [5.74, 6) is 1.57. The zero-order chi connectivity index (χ0) is 23.1. The quantitative estimate of drug-likeness (QED) is 0.622. The molecule has 2 aromatic heterocycles. The van der Waals surface area contributed by atoms with Crippen molar-refractivity contribution < 1.29 is 4.74 Å². The second-order valence-corrected chi connectivity index (χ2v) is 10.0. The van der Waals surface area contributed by atoms with Gasteiger partial charge in [0.15, 0.2) is 5.82 Å². The Balaban J connectivity index is 1.46. The van der Waals surface area contributed by atoms with E-state index in [0.29, 0.717) is 17.6 Å². The Morgan fingerprint density at radius 1 is 1.03 bits per heavy atom. The maximum Gasteiger partial charge on any atom is 0.253 e. The highest BCUT2D eigenvalue weighted by Crippen LogP contribution is 2.35. The third-order valence-corrected chi connectivity index (χ3v) is 8.04. The molecule has 2 saturated heterocycles. The first-order valence-corrected chi connectivity index (χ1v) is 12.7. The van der Waals surface area contributed by atoms with Crippen molar-refractivity contribution in [2.24, 2.45) is 0 Å². The molecule has 1 saturated carbocycles. The zero-order valence-corrected chi connectivity index (χ0v) is 19.8. The minimum atomic E-state index is -0.279. The lowest BCUT2D eigenvalue weighted by Gasteiger charge is -2.41. The smallest absolute Gasteiger partial charge is 0.253 e. The van der Waals surface area contributed by atoms with Crippen LogP contribution in [0.4, 0.5) is 0 Å². The Bertz CT molecular complexity index is 1220. The van der Waals surface area contributed by atoms with Crippen molar-refractivity contribution in [3.05, 3.63) is 46.0 Å². The molecule has 0 bridgehead atoms. The van der Waals surface area contributed by atoms with Gasteiger partial charge < -0.3 is 9.72 Å². The van der Waals surface area contributed by atoms with Gasteiger partial charge in [0.05, 0.1) is 13.2 Å². The number of ether oxygens (including phenoxy) is 1. The highest BCUT2D eigenvalue weighted by atomic mass is 16.5. The SMILES string of the molecule is COc1ccc2[nH]c(=O)c([C@@H](c3nnnn3C3CCCCC3)N3CCN4CCC[C@H]4C3)cc2c1. The number of benzene rings is 1. The molecule has 4 heterocycles. The maximum atomic E-state index is 13.5. The minimum absolute atomic E-state index is 0.0743. The van der Waals surface area contributed by atoms with Gasteiger partial charge in [-0.3, -0.25) is 14.6 Å². The van der Waals surface area contributed by atoms with Crippen LogP contribution in [0.2, 0.25) is 0 Å². The second kappa shape index (κ2) is 9.11. The Hall–Kier alpha value is -2.78. The Morgan fingerprint density at radius 2 is 1.88 bits per heavy atom. The first-order valence-electron chi connectivity index (χ1n) is 12.7. The molecule has 9 nitrogen and oxygen atoms in total. The second-order valence-electron chi connectivity index (χ2n) is 10.0. The summed E-state index contributed by atoms with van der Waals surface area (Å²) in [5.41, 5.74) is 1.44. The monoisotopic (exact) mass is 463 g/mol. The van der Waals surface area contributed by atoms with Crippen LogP contribution in [-0.4, -0.2) is 74.3 Å². The molecule has 0 unspecified atom stereocenters. The van der Waals surface area contributed by atoms with E-state index in [9.17, 15) is 4.79 Å². The van der Waals surface area contributed by atoms with Crippen LogP contribution in [0.5, 0.6) is 5.75 Å². The van der Waals surface area contributed by atoms with Gasteiger partial charge in [-0.15, -0.1) is 5.10 Å². The largest absolute Gasteiger partial charge is 0.497 e. The zero-order valence-electron chi connectivity index (χ0n) is 19.8. The fraction of sp³-hybridized carbons (Fsp3) is 0.600. The standard InChI is InChI=1S/C25H33N7O2/c1-34-20-9-10-22-17(14-20)15-21(25(33)26-22)23(31-13-12-30-11-5-8-19(30)16-31)24-27-28-29-32(24)18-6-3-2-4-7-18/h9-10,14-15,18-19,23H,2-8,11-13,16H2,1H3,(H,26,33)/t19-,23-/m0/s1. The number of aromatic nitrogens is 5. The molecular weight excluding hydrogens is 430 g/mol. The van der Waals surface area contributed by atoms with E-state index in [-0.39, 0.29) is 11.6 Å². The molecule has 6 rings (SSSR count). The molecule has 34 heavy (non-hydrogen) atoms. The summed E-state index contributed by atoms with van der Waals surface area (Å²) in [5, 5.41) is 14.1. The molecule has 3 aromatic rings. The van der Waals surface area contributed by atoms with Gasteiger partial charge in [-0.2, -0.15) is 0 Å². The number of nitrogens with zero attached hydrogens (tertiary/aromatic N) is 6. The van der Waals surface area contributed by atoms with Crippen LogP contribution >= 0.6 is 0 Å². The van der Waals surface area contributed by atoms with Crippen LogP contribution in [0.3, 0.4) is 0 Å². The first-order chi connectivity index (χ1) is 16.7. The third-order valence-electron chi connectivity index (χ3n) is 8.04. The number of fused-ring (bicyclic) bond motifs is 2. The number of rotatable bonds is 5. The van der Waals surface area contributed by atoms with Crippen LogP contribution in [0, 0.1) is 0 Å². The van der Waals surface area contributed by atoms with Crippen LogP contribution < -0.4 is 10.3 Å². The van der Waals surface area contributed by atoms with E-state index >= 15 is 0 Å². The number of aromatic amines is 1. The number of nitrogens with one attached hydrogen (secondary N) is 1. The lowest BCUT2D eigenvalue weighted by atomic mass is 9.95. The van der Waals surface area contributed by atoms with Gasteiger partial charge >= 0.3 is 0 Å². The summed E-state index contributed by atoms with van der Waals surface area (Å²) in [6.45, 7) is 4.02. The van der Waals surface area contributed by atoms with E-state index in [1.807, 2.05) is 28.9 Å². The van der Waals surface area contributed by atoms with Gasteiger partial charge in [-0.1, -0.05) is 19.3 Å². The lowest BCUT2D eigenvalue weighted by Crippen LogP contribution is -2.52. The maximum absolute atomic E-state index is 13.5. The summed E-state index contributed by atoms with van der Waals surface area (Å²) in [7, 11) is 1.66. The Morgan fingerprint density at radius 3 is 2.74 bits per heavy atom. The van der Waals surface area contributed by atoms with Crippen molar-refractivity contribution in [3.8, 4) is 5.75 Å². The number of hydrogen-bond donors (Lipinski definition) is 1. The van der Waals surface area contributed by atoms with Gasteiger partial charge in [0.1, 0.15) is 11.8 Å². The minimum Gasteiger partial charge on any atom is -0.497 e. The number of piperazine rings is 1. The first kappa shape index (κ1) is 21.7. The van der Waals surface area contributed by atoms with E-state index in [0.717, 1.165) is 55.0 Å². The molecule has 2 atom stereocenters. The number of pyridine rings is 1. The topological polar surface area (TPSA) is 92.2 Å². The molecule has 2 aliphatic heterocycles. The Kier molecular flexibility index (Phi) is 5.82. The van der Waals surface area contributed by atoms with Crippen molar-refractivity contribution in [1.29, 1.82) is 0 Å². The highest BCUT2D eigenvalue weighted by molar-refractivity contribution is 5.80. The summed E-state index contributed by atoms with van der Waals surface area (Å²) in [4.78, 5) is 21.6. The number of tetrazole rings is 1. The van der Waals surface area contributed by atoms with Crippen molar-refractivity contribution in [1.82, 2.24) is 35.0 Å². The fourth-order valence-corrected chi connectivity index (χ4v) is 6.25. The van der Waals surface area contributed by atoms with E-state index in [4.69, 9.17) is 4.74 Å². The normalized spacial score (nSPS) is 23.3. The fourth-order valence-electron chi connectivity index (χ4n) is 6.25. The van der Waals surface area contributed by atoms with Gasteiger partial charge in [0.25, 0.3) is 5.56 Å². The molecule has 3 aliphatic rings. The lowest BCUT2D eigenvalue weighted by molar-refractivity contribution is 0.0778. The van der Waals surface area contributed by atoms with E-state index in [1.165, 1.54) is 38.6 Å². The van der Waals surface area contributed by atoms with Crippen LogP contribution in [0.25, 0.3) is 10.9 Å². The van der Waals surface area contributed by atoms with Gasteiger partial charge in [0.2, 0.25) is 0 Å². The average molecular weight is 464 g/mol. The molecule has 1 aromatic carbocycles. The number of hydrogen-bond acceptors (Lipinski definition) is 7. The van der Waals surface area contributed by atoms with E-state index in [2.05, 4.69) is 30.3 Å². The molecule has 0 radical (unpaired) electrons.